The number of hydrogen-bond acceptors (Lipinski definition) is 5. The average Bonchev–Trinajstić information content (AvgIpc) is 3.41. The predicted molar refractivity (Wildman–Crippen MR) is 142 cm³/mol. The number of amides is 1. The lowest BCUT2D eigenvalue weighted by atomic mass is 9.94. The summed E-state index contributed by atoms with van der Waals surface area (Å²) in [5.41, 5.74) is 3.63. The third-order valence-corrected chi connectivity index (χ3v) is 7.58. The number of hydrogen-bond donors (Lipinski definition) is 0. The summed E-state index contributed by atoms with van der Waals surface area (Å²) in [6.45, 7) is 2.59. The van der Waals surface area contributed by atoms with E-state index in [9.17, 15) is 4.79 Å². The highest BCUT2D eigenvalue weighted by atomic mass is 32.2. The van der Waals surface area contributed by atoms with Gasteiger partial charge in [-0.3, -0.25) is 9.69 Å². The lowest BCUT2D eigenvalue weighted by molar-refractivity contribution is -0.124. The first-order valence-corrected chi connectivity index (χ1v) is 13.0. The third kappa shape index (κ3) is 4.68. The first kappa shape index (κ1) is 22.9. The van der Waals surface area contributed by atoms with Gasteiger partial charge in [0.25, 0.3) is 5.91 Å². The van der Waals surface area contributed by atoms with E-state index < -0.39 is 0 Å². The molecule has 0 atom stereocenters. The Labute approximate surface area is 209 Å². The number of para-hydroxylation sites is 1. The molecule has 0 spiro atoms. The first-order valence-electron chi connectivity index (χ1n) is 11.8. The van der Waals surface area contributed by atoms with Crippen molar-refractivity contribution in [1.82, 2.24) is 14.7 Å². The van der Waals surface area contributed by atoms with Gasteiger partial charge in [-0.15, -0.1) is 0 Å². The van der Waals surface area contributed by atoms with Crippen molar-refractivity contribution in [3.8, 4) is 22.7 Å². The number of carbonyl (C=O) groups excluding carboxylic acids is 1. The van der Waals surface area contributed by atoms with E-state index in [2.05, 4.69) is 0 Å². The van der Waals surface area contributed by atoms with E-state index in [1.807, 2.05) is 83.4 Å². The highest BCUT2D eigenvalue weighted by molar-refractivity contribution is 8.26. The van der Waals surface area contributed by atoms with Gasteiger partial charge in [0.2, 0.25) is 0 Å². The Bertz CT molecular complexity index is 1210. The van der Waals surface area contributed by atoms with Crippen LogP contribution in [0.5, 0.6) is 5.75 Å². The fraction of sp³-hybridized carbons (Fsp3) is 0.296. The monoisotopic (exact) mass is 489 g/mol. The molecule has 174 valence electrons. The van der Waals surface area contributed by atoms with E-state index in [1.165, 1.54) is 18.2 Å². The van der Waals surface area contributed by atoms with Gasteiger partial charge in [0, 0.05) is 23.4 Å². The summed E-state index contributed by atoms with van der Waals surface area (Å²) in [4.78, 5) is 15.9. The number of carbonyl (C=O) groups is 1. The van der Waals surface area contributed by atoms with Crippen LogP contribution in [0.25, 0.3) is 23.0 Å². The van der Waals surface area contributed by atoms with Crippen LogP contribution in [0.15, 0.2) is 65.7 Å². The summed E-state index contributed by atoms with van der Waals surface area (Å²) >= 11 is 7.03. The van der Waals surface area contributed by atoms with E-state index in [0.717, 1.165) is 53.9 Å². The topological polar surface area (TPSA) is 47.4 Å². The highest BCUT2D eigenvalue weighted by Gasteiger charge is 2.37. The van der Waals surface area contributed by atoms with Crippen molar-refractivity contribution in [2.45, 2.75) is 45.1 Å². The number of ether oxygens (including phenoxy) is 1. The normalized spacial score (nSPS) is 18.1. The lowest BCUT2D eigenvalue weighted by Crippen LogP contribution is -2.39. The van der Waals surface area contributed by atoms with Crippen LogP contribution in [0.2, 0.25) is 0 Å². The van der Waals surface area contributed by atoms with E-state index in [1.54, 1.807) is 0 Å². The maximum absolute atomic E-state index is 13.4. The molecule has 1 amide bonds. The zero-order valence-electron chi connectivity index (χ0n) is 19.1. The van der Waals surface area contributed by atoms with Gasteiger partial charge in [-0.05, 0) is 62.2 Å². The van der Waals surface area contributed by atoms with Gasteiger partial charge in [0.05, 0.1) is 22.9 Å². The molecule has 5 rings (SSSR count). The maximum Gasteiger partial charge on any atom is 0.266 e. The standard InChI is InChI=1S/C27H27N3O2S2/c1-2-32-23-15-13-19(14-16-23)25-20(18-29(28-25)21-9-5-3-6-10-21)17-24-26(31)30(27(33)34-24)22-11-7-4-8-12-22/h3,5-6,9-10,13-18,22H,2,4,7-8,11-12H2,1H3. The van der Waals surface area contributed by atoms with Crippen molar-refractivity contribution < 1.29 is 9.53 Å². The van der Waals surface area contributed by atoms with Crippen molar-refractivity contribution >= 4 is 40.3 Å². The van der Waals surface area contributed by atoms with Crippen LogP contribution in [0, 0.1) is 0 Å². The van der Waals surface area contributed by atoms with Crippen molar-refractivity contribution in [1.29, 1.82) is 0 Å². The molecule has 2 aromatic carbocycles. The average molecular weight is 490 g/mol. The molecular weight excluding hydrogens is 462 g/mol. The predicted octanol–water partition coefficient (Wildman–Crippen LogP) is 6.47. The number of thiocarbonyl (C=S) groups is 1. The molecule has 2 heterocycles. The molecule has 0 bridgehead atoms. The molecule has 1 saturated carbocycles. The number of nitrogens with zero attached hydrogens (tertiary/aromatic N) is 3. The van der Waals surface area contributed by atoms with Crippen LogP contribution in [0.3, 0.4) is 0 Å². The second-order valence-corrected chi connectivity index (χ2v) is 10.2. The Morgan fingerprint density at radius 1 is 1.09 bits per heavy atom. The molecule has 0 N–H and O–H groups in total. The summed E-state index contributed by atoms with van der Waals surface area (Å²) in [5.74, 6) is 0.843. The summed E-state index contributed by atoms with van der Waals surface area (Å²) in [7, 11) is 0. The second-order valence-electron chi connectivity index (χ2n) is 8.51. The lowest BCUT2D eigenvalue weighted by Gasteiger charge is -2.29. The van der Waals surface area contributed by atoms with E-state index in [4.69, 9.17) is 22.1 Å². The smallest absolute Gasteiger partial charge is 0.266 e. The fourth-order valence-corrected chi connectivity index (χ4v) is 5.97. The minimum atomic E-state index is 0.0204. The highest BCUT2D eigenvalue weighted by Crippen LogP contribution is 2.38. The van der Waals surface area contributed by atoms with Crippen LogP contribution in [0.4, 0.5) is 0 Å². The van der Waals surface area contributed by atoms with E-state index in [0.29, 0.717) is 15.8 Å². The SMILES string of the molecule is CCOc1ccc(-c2nn(-c3ccccc3)cc2C=C2SC(=S)N(C3CCCCC3)C2=O)cc1. The van der Waals surface area contributed by atoms with Crippen LogP contribution in [-0.4, -0.2) is 37.6 Å². The van der Waals surface area contributed by atoms with Gasteiger partial charge in [-0.2, -0.15) is 5.10 Å². The van der Waals surface area contributed by atoms with Crippen molar-refractivity contribution in [3.63, 3.8) is 0 Å². The number of thioether (sulfide) groups is 1. The molecule has 0 radical (unpaired) electrons. The summed E-state index contributed by atoms with van der Waals surface area (Å²) in [6, 6.07) is 18.1. The third-order valence-electron chi connectivity index (χ3n) is 6.25. The Balaban J connectivity index is 1.52. The number of aromatic nitrogens is 2. The Morgan fingerprint density at radius 2 is 1.82 bits per heavy atom. The summed E-state index contributed by atoms with van der Waals surface area (Å²) in [6.07, 6.45) is 9.55. The van der Waals surface area contributed by atoms with Crippen LogP contribution >= 0.6 is 24.0 Å². The minimum Gasteiger partial charge on any atom is -0.494 e. The molecule has 2 aliphatic rings. The van der Waals surface area contributed by atoms with Gasteiger partial charge in [-0.25, -0.2) is 4.68 Å². The molecule has 1 aliphatic heterocycles. The Morgan fingerprint density at radius 3 is 2.53 bits per heavy atom. The van der Waals surface area contributed by atoms with Crippen LogP contribution < -0.4 is 4.74 Å². The van der Waals surface area contributed by atoms with E-state index >= 15 is 0 Å². The fourth-order valence-electron chi connectivity index (χ4n) is 4.58. The molecule has 34 heavy (non-hydrogen) atoms. The van der Waals surface area contributed by atoms with Crippen molar-refractivity contribution in [2.24, 2.45) is 0 Å². The number of rotatable bonds is 6. The van der Waals surface area contributed by atoms with Crippen molar-refractivity contribution in [3.05, 3.63) is 71.3 Å². The maximum atomic E-state index is 13.4. The van der Waals surface area contributed by atoms with Gasteiger partial charge in [-0.1, -0.05) is 61.4 Å². The summed E-state index contributed by atoms with van der Waals surface area (Å²) in [5, 5.41) is 4.89. The zero-order valence-corrected chi connectivity index (χ0v) is 20.8. The Hall–Kier alpha value is -2.90. The molecule has 2 fully saturated rings. The molecule has 7 heteroatoms. The minimum absolute atomic E-state index is 0.0204. The van der Waals surface area contributed by atoms with Crippen LogP contribution in [-0.2, 0) is 4.79 Å². The summed E-state index contributed by atoms with van der Waals surface area (Å²) < 4.78 is 8.13. The second kappa shape index (κ2) is 10.2. The van der Waals surface area contributed by atoms with Gasteiger partial charge >= 0.3 is 0 Å². The Kier molecular flexibility index (Phi) is 6.83. The molecular formula is C27H27N3O2S2. The largest absolute Gasteiger partial charge is 0.494 e. The van der Waals surface area contributed by atoms with Gasteiger partial charge in [0.1, 0.15) is 10.1 Å². The molecule has 1 saturated heterocycles. The first-order chi connectivity index (χ1) is 16.6. The van der Waals surface area contributed by atoms with Crippen LogP contribution in [0.1, 0.15) is 44.6 Å². The van der Waals surface area contributed by atoms with Gasteiger partial charge < -0.3 is 4.74 Å². The molecule has 1 aromatic heterocycles. The molecule has 0 unspecified atom stereocenters. The number of benzene rings is 2. The van der Waals surface area contributed by atoms with Crippen molar-refractivity contribution in [2.75, 3.05) is 6.61 Å². The molecule has 3 aromatic rings. The zero-order chi connectivity index (χ0) is 23.5. The molecule has 1 aliphatic carbocycles. The molecule has 5 nitrogen and oxygen atoms in total. The van der Waals surface area contributed by atoms with E-state index in [-0.39, 0.29) is 11.9 Å². The van der Waals surface area contributed by atoms with Gasteiger partial charge in [0.15, 0.2) is 0 Å². The quantitative estimate of drug-likeness (QED) is 0.293.